The van der Waals surface area contributed by atoms with E-state index in [1.807, 2.05) is 39.8 Å². The van der Waals surface area contributed by atoms with E-state index in [9.17, 15) is 4.79 Å². The second-order valence-electron chi connectivity index (χ2n) is 5.50. The monoisotopic (exact) mass is 349 g/mol. The van der Waals surface area contributed by atoms with Gasteiger partial charge in [-0.2, -0.15) is 0 Å². The largest absolute Gasteiger partial charge is 0.351 e. The van der Waals surface area contributed by atoms with E-state index in [0.717, 1.165) is 31.1 Å². The van der Waals surface area contributed by atoms with Gasteiger partial charge in [0.2, 0.25) is 0 Å². The van der Waals surface area contributed by atoms with Crippen LogP contribution in [0.5, 0.6) is 0 Å². The molecule has 2 rings (SSSR count). The highest BCUT2D eigenvalue weighted by Crippen LogP contribution is 2.24. The Balaban J connectivity index is 0. The molecule has 0 aliphatic carbocycles. The van der Waals surface area contributed by atoms with Crippen LogP contribution in [0.2, 0.25) is 0 Å². The van der Waals surface area contributed by atoms with E-state index >= 15 is 0 Å². The zero-order valence-corrected chi connectivity index (χ0v) is 17.1. The van der Waals surface area contributed by atoms with Crippen LogP contribution in [0, 0.1) is 11.8 Å². The maximum atomic E-state index is 11.2. The molecule has 4 nitrogen and oxygen atoms in total. The Kier molecular flexibility index (Phi) is 16.0. The lowest BCUT2D eigenvalue weighted by atomic mass is 9.88. The van der Waals surface area contributed by atoms with Gasteiger partial charge in [0.25, 0.3) is 0 Å². The molecule has 144 valence electrons. The van der Waals surface area contributed by atoms with Gasteiger partial charge in [-0.1, -0.05) is 46.8 Å². The Morgan fingerprint density at radius 1 is 1.32 bits per heavy atom. The molecular weight excluding hydrogens is 310 g/mol. The highest BCUT2D eigenvalue weighted by Gasteiger charge is 2.21. The van der Waals surface area contributed by atoms with Crippen molar-refractivity contribution in [3.8, 4) is 0 Å². The number of hydrogen-bond donors (Lipinski definition) is 2. The molecule has 0 aromatic heterocycles. The quantitative estimate of drug-likeness (QED) is 0.764. The lowest BCUT2D eigenvalue weighted by Crippen LogP contribution is -2.31. The van der Waals surface area contributed by atoms with Crippen molar-refractivity contribution in [2.24, 2.45) is 17.6 Å². The number of nitrogens with one attached hydrogen (secondary N) is 1. The van der Waals surface area contributed by atoms with Gasteiger partial charge < -0.3 is 11.1 Å². The fourth-order valence-electron chi connectivity index (χ4n) is 2.72. The number of amides is 2. The maximum absolute atomic E-state index is 11.2. The van der Waals surface area contributed by atoms with E-state index in [0.29, 0.717) is 5.92 Å². The fourth-order valence-corrected chi connectivity index (χ4v) is 2.72. The van der Waals surface area contributed by atoms with Crippen LogP contribution < -0.4 is 16.0 Å². The van der Waals surface area contributed by atoms with E-state index in [1.54, 1.807) is 7.05 Å². The van der Waals surface area contributed by atoms with Gasteiger partial charge in [0, 0.05) is 12.7 Å². The van der Waals surface area contributed by atoms with Gasteiger partial charge in [0.1, 0.15) is 0 Å². The number of nitrogens with two attached hydrogens (primary N) is 1. The number of carbonyl (C=O) groups is 1. The first kappa shape index (κ1) is 25.4. The first-order valence-corrected chi connectivity index (χ1v) is 9.40. The summed E-state index contributed by atoms with van der Waals surface area (Å²) < 4.78 is 0. The summed E-state index contributed by atoms with van der Waals surface area (Å²) in [5, 5.41) is 3.41. The summed E-state index contributed by atoms with van der Waals surface area (Å²) in [6.45, 7) is 18.6. The SMILES string of the molecule is C=C.CC.CC.CC(Cc1cccc(N(C)C(N)=O)c1)C1CCNC1. The summed E-state index contributed by atoms with van der Waals surface area (Å²) in [7, 11) is 1.70. The van der Waals surface area contributed by atoms with Crippen molar-refractivity contribution < 1.29 is 4.79 Å². The lowest BCUT2D eigenvalue weighted by molar-refractivity contribution is 0.255. The highest BCUT2D eigenvalue weighted by atomic mass is 16.2. The minimum atomic E-state index is -0.426. The number of rotatable bonds is 4. The number of benzene rings is 1. The van der Waals surface area contributed by atoms with Crippen molar-refractivity contribution in [2.45, 2.75) is 47.5 Å². The third-order valence-corrected chi connectivity index (χ3v) is 4.09. The average Bonchev–Trinajstić information content (AvgIpc) is 3.21. The van der Waals surface area contributed by atoms with Crippen LogP contribution in [-0.4, -0.2) is 26.2 Å². The second kappa shape index (κ2) is 15.7. The number of carbonyl (C=O) groups excluding carboxylic acids is 1. The van der Waals surface area contributed by atoms with Crippen LogP contribution in [-0.2, 0) is 6.42 Å². The smallest absolute Gasteiger partial charge is 0.318 e. The third-order valence-electron chi connectivity index (χ3n) is 4.09. The van der Waals surface area contributed by atoms with Gasteiger partial charge >= 0.3 is 6.03 Å². The molecule has 4 heteroatoms. The minimum absolute atomic E-state index is 0.426. The van der Waals surface area contributed by atoms with Gasteiger partial charge in [0.15, 0.2) is 0 Å². The van der Waals surface area contributed by atoms with Crippen LogP contribution in [0.4, 0.5) is 10.5 Å². The predicted octanol–water partition coefficient (Wildman–Crippen LogP) is 4.84. The predicted molar refractivity (Wildman–Crippen MR) is 112 cm³/mol. The van der Waals surface area contributed by atoms with Gasteiger partial charge in [-0.15, -0.1) is 13.2 Å². The summed E-state index contributed by atoms with van der Waals surface area (Å²) in [5.74, 6) is 1.42. The second-order valence-corrected chi connectivity index (χ2v) is 5.50. The van der Waals surface area contributed by atoms with E-state index < -0.39 is 6.03 Å². The Hall–Kier alpha value is -1.81. The number of anilines is 1. The number of urea groups is 1. The third kappa shape index (κ3) is 9.30. The number of nitrogens with zero attached hydrogens (tertiary/aromatic N) is 1. The fraction of sp³-hybridized carbons (Fsp3) is 0.571. The molecule has 0 bridgehead atoms. The zero-order chi connectivity index (χ0) is 19.8. The van der Waals surface area contributed by atoms with Gasteiger partial charge in [-0.05, 0) is 55.5 Å². The Labute approximate surface area is 155 Å². The molecule has 1 heterocycles. The first-order valence-electron chi connectivity index (χ1n) is 9.40. The molecule has 0 radical (unpaired) electrons. The topological polar surface area (TPSA) is 58.4 Å². The number of primary amides is 1. The highest BCUT2D eigenvalue weighted by molar-refractivity contribution is 5.90. The molecule has 2 atom stereocenters. The standard InChI is InChI=1S/C15H23N3O.2C2H6.C2H4/c1-11(13-6-7-17-10-13)8-12-4-3-5-14(9-12)18(2)15(16)19;3*1-2/h3-5,9,11,13,17H,6-8,10H2,1-2H3,(H2,16,19);2*1-2H3;1-2H2. The molecule has 1 aliphatic heterocycles. The minimum Gasteiger partial charge on any atom is -0.351 e. The summed E-state index contributed by atoms with van der Waals surface area (Å²) in [6.07, 6.45) is 2.31. The molecule has 1 saturated heterocycles. The van der Waals surface area contributed by atoms with E-state index in [1.165, 1.54) is 16.9 Å². The van der Waals surface area contributed by atoms with E-state index in [2.05, 4.69) is 37.5 Å². The Morgan fingerprint density at radius 3 is 2.40 bits per heavy atom. The molecule has 1 aliphatic rings. The molecule has 3 N–H and O–H groups in total. The summed E-state index contributed by atoms with van der Waals surface area (Å²) in [6, 6.07) is 7.66. The summed E-state index contributed by atoms with van der Waals surface area (Å²) in [4.78, 5) is 12.7. The normalized spacial score (nSPS) is 16.0. The van der Waals surface area contributed by atoms with Gasteiger partial charge in [0.05, 0.1) is 0 Å². The van der Waals surface area contributed by atoms with Crippen molar-refractivity contribution in [2.75, 3.05) is 25.0 Å². The Bertz CT molecular complexity index is 456. The van der Waals surface area contributed by atoms with E-state index in [-0.39, 0.29) is 0 Å². The lowest BCUT2D eigenvalue weighted by Gasteiger charge is -2.20. The molecular formula is C21H39N3O. The molecule has 2 unspecified atom stereocenters. The van der Waals surface area contributed by atoms with Crippen molar-refractivity contribution in [1.29, 1.82) is 0 Å². The first-order chi connectivity index (χ1) is 12.1. The zero-order valence-electron chi connectivity index (χ0n) is 17.1. The van der Waals surface area contributed by atoms with Crippen LogP contribution in [0.1, 0.15) is 46.6 Å². The molecule has 0 spiro atoms. The molecule has 2 amide bonds. The van der Waals surface area contributed by atoms with Crippen molar-refractivity contribution in [3.63, 3.8) is 0 Å². The van der Waals surface area contributed by atoms with E-state index in [4.69, 9.17) is 5.73 Å². The van der Waals surface area contributed by atoms with Crippen LogP contribution in [0.15, 0.2) is 37.4 Å². The summed E-state index contributed by atoms with van der Waals surface area (Å²) >= 11 is 0. The Morgan fingerprint density at radius 2 is 1.92 bits per heavy atom. The van der Waals surface area contributed by atoms with Crippen molar-refractivity contribution >= 4 is 11.7 Å². The molecule has 1 aromatic rings. The molecule has 25 heavy (non-hydrogen) atoms. The molecule has 0 saturated carbocycles. The number of hydrogen-bond acceptors (Lipinski definition) is 2. The van der Waals surface area contributed by atoms with Crippen LogP contribution >= 0.6 is 0 Å². The molecule has 1 aromatic carbocycles. The van der Waals surface area contributed by atoms with Crippen molar-refractivity contribution in [3.05, 3.63) is 43.0 Å². The van der Waals surface area contributed by atoms with Crippen LogP contribution in [0.3, 0.4) is 0 Å². The van der Waals surface area contributed by atoms with Gasteiger partial charge in [-0.3, -0.25) is 4.90 Å². The van der Waals surface area contributed by atoms with Gasteiger partial charge in [-0.25, -0.2) is 4.79 Å². The van der Waals surface area contributed by atoms with Crippen LogP contribution in [0.25, 0.3) is 0 Å². The maximum Gasteiger partial charge on any atom is 0.318 e. The average molecular weight is 350 g/mol. The molecule has 1 fully saturated rings. The summed E-state index contributed by atoms with van der Waals surface area (Å²) in [5.41, 5.74) is 7.43. The van der Waals surface area contributed by atoms with Crippen molar-refractivity contribution in [1.82, 2.24) is 5.32 Å².